The van der Waals surface area contributed by atoms with Crippen LogP contribution in [0.5, 0.6) is 0 Å². The second-order valence-corrected chi connectivity index (χ2v) is 3.72. The van der Waals surface area contributed by atoms with Crippen LogP contribution < -0.4 is 5.32 Å². The molecule has 16 heavy (non-hydrogen) atoms. The first-order chi connectivity index (χ1) is 7.69. The molecule has 0 spiro atoms. The van der Waals surface area contributed by atoms with Crippen LogP contribution in [0.1, 0.15) is 26.2 Å². The summed E-state index contributed by atoms with van der Waals surface area (Å²) in [5.74, 6) is -0.289. The highest BCUT2D eigenvalue weighted by atomic mass is 16.5. The maximum atomic E-state index is 11.5. The predicted molar refractivity (Wildman–Crippen MR) is 61.2 cm³/mol. The summed E-state index contributed by atoms with van der Waals surface area (Å²) in [5.41, 5.74) is 0. The van der Waals surface area contributed by atoms with Crippen LogP contribution in [0.25, 0.3) is 0 Å². The smallest absolute Gasteiger partial charge is 0.322 e. The summed E-state index contributed by atoms with van der Waals surface area (Å²) >= 11 is 0. The topological polar surface area (TPSA) is 67.8 Å². The Hall–Kier alpha value is -0.650. The van der Waals surface area contributed by atoms with Crippen LogP contribution in [0.3, 0.4) is 0 Å². The summed E-state index contributed by atoms with van der Waals surface area (Å²) in [6.07, 6.45) is 2.67. The fraction of sp³-hybridized carbons (Fsp3) is 0.909. The van der Waals surface area contributed by atoms with Crippen molar-refractivity contribution in [2.75, 3.05) is 27.4 Å². The highest BCUT2D eigenvalue weighted by molar-refractivity contribution is 5.75. The minimum Gasteiger partial charge on any atom is -0.468 e. The molecule has 0 fully saturated rings. The van der Waals surface area contributed by atoms with Crippen molar-refractivity contribution >= 4 is 5.97 Å². The van der Waals surface area contributed by atoms with E-state index in [2.05, 4.69) is 12.2 Å². The van der Waals surface area contributed by atoms with Gasteiger partial charge in [-0.25, -0.2) is 0 Å². The SMILES string of the molecule is CCCCC(NC(CO)COC)C(=O)OC. The van der Waals surface area contributed by atoms with Crippen molar-refractivity contribution in [3.05, 3.63) is 0 Å². The summed E-state index contributed by atoms with van der Waals surface area (Å²) in [5, 5.41) is 12.1. The molecule has 2 atom stereocenters. The highest BCUT2D eigenvalue weighted by Gasteiger charge is 2.21. The van der Waals surface area contributed by atoms with Crippen LogP contribution in [-0.4, -0.2) is 50.6 Å². The van der Waals surface area contributed by atoms with Gasteiger partial charge in [0.05, 0.1) is 26.4 Å². The molecular weight excluding hydrogens is 210 g/mol. The second-order valence-electron chi connectivity index (χ2n) is 3.72. The van der Waals surface area contributed by atoms with Gasteiger partial charge in [0.25, 0.3) is 0 Å². The number of aliphatic hydroxyl groups is 1. The molecule has 0 radical (unpaired) electrons. The monoisotopic (exact) mass is 233 g/mol. The molecule has 0 heterocycles. The number of hydrogen-bond acceptors (Lipinski definition) is 5. The Labute approximate surface area is 97.1 Å². The number of esters is 1. The van der Waals surface area contributed by atoms with E-state index in [1.165, 1.54) is 7.11 Å². The molecule has 5 heteroatoms. The molecule has 0 saturated carbocycles. The largest absolute Gasteiger partial charge is 0.468 e. The third-order valence-electron chi connectivity index (χ3n) is 2.36. The maximum Gasteiger partial charge on any atom is 0.322 e. The first-order valence-electron chi connectivity index (χ1n) is 5.63. The Bertz CT molecular complexity index is 187. The lowest BCUT2D eigenvalue weighted by Gasteiger charge is -2.22. The lowest BCUT2D eigenvalue weighted by molar-refractivity contribution is -0.143. The van der Waals surface area contributed by atoms with Crippen molar-refractivity contribution in [1.29, 1.82) is 0 Å². The van der Waals surface area contributed by atoms with Crippen LogP contribution in [-0.2, 0) is 14.3 Å². The van der Waals surface area contributed by atoms with Gasteiger partial charge >= 0.3 is 5.97 Å². The Morgan fingerprint density at radius 3 is 2.56 bits per heavy atom. The van der Waals surface area contributed by atoms with Crippen molar-refractivity contribution in [2.45, 2.75) is 38.3 Å². The van der Waals surface area contributed by atoms with E-state index in [9.17, 15) is 4.79 Å². The summed E-state index contributed by atoms with van der Waals surface area (Å²) < 4.78 is 9.65. The highest BCUT2D eigenvalue weighted by Crippen LogP contribution is 2.04. The molecule has 0 amide bonds. The van der Waals surface area contributed by atoms with Gasteiger partial charge in [0.2, 0.25) is 0 Å². The van der Waals surface area contributed by atoms with Gasteiger partial charge in [0.1, 0.15) is 6.04 Å². The van der Waals surface area contributed by atoms with Crippen LogP contribution in [0.2, 0.25) is 0 Å². The Kier molecular flexibility index (Phi) is 9.18. The summed E-state index contributed by atoms with van der Waals surface area (Å²) in [4.78, 5) is 11.5. The van der Waals surface area contributed by atoms with Gasteiger partial charge in [-0.1, -0.05) is 19.8 Å². The Balaban J connectivity index is 4.21. The molecule has 0 aromatic heterocycles. The number of carbonyl (C=O) groups excluding carboxylic acids is 1. The van der Waals surface area contributed by atoms with Gasteiger partial charge in [-0.3, -0.25) is 10.1 Å². The molecule has 96 valence electrons. The van der Waals surface area contributed by atoms with E-state index in [4.69, 9.17) is 14.6 Å². The van der Waals surface area contributed by atoms with E-state index < -0.39 is 0 Å². The van der Waals surface area contributed by atoms with E-state index in [1.54, 1.807) is 7.11 Å². The lowest BCUT2D eigenvalue weighted by Crippen LogP contribution is -2.47. The normalized spacial score (nSPS) is 14.5. The van der Waals surface area contributed by atoms with E-state index >= 15 is 0 Å². The molecule has 0 bridgehead atoms. The third kappa shape index (κ3) is 6.05. The summed E-state index contributed by atoms with van der Waals surface area (Å²) in [6.45, 7) is 2.37. The number of nitrogens with one attached hydrogen (secondary N) is 1. The van der Waals surface area contributed by atoms with Crippen LogP contribution in [0, 0.1) is 0 Å². The number of ether oxygens (including phenoxy) is 2. The average molecular weight is 233 g/mol. The number of rotatable bonds is 9. The fourth-order valence-corrected chi connectivity index (χ4v) is 1.46. The van der Waals surface area contributed by atoms with Crippen molar-refractivity contribution in [3.8, 4) is 0 Å². The molecule has 0 saturated heterocycles. The van der Waals surface area contributed by atoms with Gasteiger partial charge < -0.3 is 14.6 Å². The average Bonchev–Trinajstić information content (AvgIpc) is 2.32. The Morgan fingerprint density at radius 2 is 2.12 bits per heavy atom. The summed E-state index contributed by atoms with van der Waals surface area (Å²) in [6, 6.07) is -0.594. The molecular formula is C11H23NO4. The van der Waals surface area contributed by atoms with E-state index in [0.29, 0.717) is 13.0 Å². The predicted octanol–water partition coefficient (Wildman–Crippen LogP) is 0.315. The van der Waals surface area contributed by atoms with Crippen molar-refractivity contribution in [3.63, 3.8) is 0 Å². The van der Waals surface area contributed by atoms with Crippen molar-refractivity contribution < 1.29 is 19.4 Å². The quantitative estimate of drug-likeness (QED) is 0.561. The maximum absolute atomic E-state index is 11.5. The first kappa shape index (κ1) is 15.3. The molecule has 0 aromatic rings. The van der Waals surface area contributed by atoms with Crippen molar-refractivity contribution in [1.82, 2.24) is 5.32 Å². The second kappa shape index (κ2) is 9.57. The van der Waals surface area contributed by atoms with Gasteiger partial charge in [-0.15, -0.1) is 0 Å². The standard InChI is InChI=1S/C11H23NO4/c1-4-5-6-10(11(14)16-3)12-9(7-13)8-15-2/h9-10,12-13H,4-8H2,1-3H3. The van der Waals surface area contributed by atoms with Gasteiger partial charge in [0, 0.05) is 7.11 Å². The minimum absolute atomic E-state index is 0.0620. The van der Waals surface area contributed by atoms with Crippen LogP contribution in [0.4, 0.5) is 0 Å². The molecule has 0 aliphatic carbocycles. The van der Waals surface area contributed by atoms with Crippen LogP contribution >= 0.6 is 0 Å². The zero-order valence-electron chi connectivity index (χ0n) is 10.4. The number of methoxy groups -OCH3 is 2. The van der Waals surface area contributed by atoms with Crippen molar-refractivity contribution in [2.24, 2.45) is 0 Å². The molecule has 5 nitrogen and oxygen atoms in total. The first-order valence-corrected chi connectivity index (χ1v) is 5.63. The van der Waals surface area contributed by atoms with E-state index in [1.807, 2.05) is 0 Å². The molecule has 0 aromatic carbocycles. The third-order valence-corrected chi connectivity index (χ3v) is 2.36. The molecule has 0 aliphatic rings. The van der Waals surface area contributed by atoms with Gasteiger partial charge in [-0.05, 0) is 6.42 Å². The van der Waals surface area contributed by atoms with Gasteiger partial charge in [0.15, 0.2) is 0 Å². The van der Waals surface area contributed by atoms with E-state index in [-0.39, 0.29) is 24.7 Å². The molecule has 2 unspecified atom stereocenters. The number of aliphatic hydroxyl groups excluding tert-OH is 1. The van der Waals surface area contributed by atoms with Gasteiger partial charge in [-0.2, -0.15) is 0 Å². The molecule has 0 aliphatic heterocycles. The number of unbranched alkanes of at least 4 members (excludes halogenated alkanes) is 1. The zero-order chi connectivity index (χ0) is 12.4. The zero-order valence-corrected chi connectivity index (χ0v) is 10.4. The molecule has 2 N–H and O–H groups in total. The minimum atomic E-state index is -0.364. The summed E-state index contributed by atoms with van der Waals surface area (Å²) in [7, 11) is 2.93. The Morgan fingerprint density at radius 1 is 1.44 bits per heavy atom. The number of hydrogen-bond donors (Lipinski definition) is 2. The number of carbonyl (C=O) groups is 1. The lowest BCUT2D eigenvalue weighted by atomic mass is 10.1. The fourth-order valence-electron chi connectivity index (χ4n) is 1.46. The van der Waals surface area contributed by atoms with E-state index in [0.717, 1.165) is 12.8 Å². The molecule has 0 rings (SSSR count). The van der Waals surface area contributed by atoms with Crippen LogP contribution in [0.15, 0.2) is 0 Å².